The molecule has 28 heavy (non-hydrogen) atoms. The predicted molar refractivity (Wildman–Crippen MR) is 112 cm³/mol. The SMILES string of the molecule is Cc1ccc(S(=O)(=O)N2CCCC[C@@H]2c2ccc(N3CCCCC3)nc2)cc1. The van der Waals surface area contributed by atoms with E-state index in [2.05, 4.69) is 22.0 Å². The molecule has 3 heterocycles. The van der Waals surface area contributed by atoms with Gasteiger partial charge >= 0.3 is 0 Å². The lowest BCUT2D eigenvalue weighted by Crippen LogP contribution is -2.38. The fourth-order valence-electron chi connectivity index (χ4n) is 4.28. The van der Waals surface area contributed by atoms with Crippen molar-refractivity contribution in [2.75, 3.05) is 24.5 Å². The van der Waals surface area contributed by atoms with Crippen LogP contribution in [0.4, 0.5) is 5.82 Å². The first-order valence-corrected chi connectivity index (χ1v) is 11.8. The summed E-state index contributed by atoms with van der Waals surface area (Å²) in [6.07, 6.45) is 8.40. The van der Waals surface area contributed by atoms with Crippen molar-refractivity contribution in [1.82, 2.24) is 9.29 Å². The van der Waals surface area contributed by atoms with Crippen LogP contribution in [0.5, 0.6) is 0 Å². The average Bonchev–Trinajstić information content (AvgIpc) is 2.75. The summed E-state index contributed by atoms with van der Waals surface area (Å²) in [7, 11) is -3.51. The standard InChI is InChI=1S/C22H29N3O2S/c1-18-8-11-20(12-9-18)28(26,27)25-16-6-3-7-21(25)19-10-13-22(23-17-19)24-14-4-2-5-15-24/h8-13,17,21H,2-7,14-16H2,1H3/t21-/m1/s1. The summed E-state index contributed by atoms with van der Waals surface area (Å²) in [5, 5.41) is 0. The van der Waals surface area contributed by atoms with Crippen molar-refractivity contribution in [3.63, 3.8) is 0 Å². The largest absolute Gasteiger partial charge is 0.357 e. The summed E-state index contributed by atoms with van der Waals surface area (Å²) in [5.74, 6) is 1.01. The Labute approximate surface area is 168 Å². The Kier molecular flexibility index (Phi) is 5.69. The van der Waals surface area contributed by atoms with Gasteiger partial charge in [0, 0.05) is 25.8 Å². The van der Waals surface area contributed by atoms with Gasteiger partial charge in [0.25, 0.3) is 0 Å². The number of aromatic nitrogens is 1. The van der Waals surface area contributed by atoms with Crippen molar-refractivity contribution in [1.29, 1.82) is 0 Å². The summed E-state index contributed by atoms with van der Waals surface area (Å²) >= 11 is 0. The van der Waals surface area contributed by atoms with Crippen molar-refractivity contribution in [2.45, 2.75) is 56.4 Å². The molecule has 1 aromatic heterocycles. The van der Waals surface area contributed by atoms with Crippen LogP contribution >= 0.6 is 0 Å². The second-order valence-corrected chi connectivity index (χ2v) is 9.83. The number of rotatable bonds is 4. The highest BCUT2D eigenvalue weighted by Gasteiger charge is 2.34. The summed E-state index contributed by atoms with van der Waals surface area (Å²) in [5.41, 5.74) is 2.06. The number of piperidine rings is 2. The van der Waals surface area contributed by atoms with Crippen molar-refractivity contribution in [2.24, 2.45) is 0 Å². The first kappa shape index (κ1) is 19.4. The van der Waals surface area contributed by atoms with E-state index in [1.54, 1.807) is 16.4 Å². The third-order valence-corrected chi connectivity index (χ3v) is 7.84. The predicted octanol–water partition coefficient (Wildman–Crippen LogP) is 4.30. The fraction of sp³-hybridized carbons (Fsp3) is 0.500. The number of sulfonamides is 1. The van der Waals surface area contributed by atoms with Crippen LogP contribution in [0.15, 0.2) is 47.5 Å². The molecule has 2 fully saturated rings. The van der Waals surface area contributed by atoms with Crippen LogP contribution in [-0.4, -0.2) is 37.3 Å². The molecule has 2 aliphatic rings. The molecule has 150 valence electrons. The molecule has 0 amide bonds. The molecular formula is C22H29N3O2S. The normalized spacial score (nSPS) is 21.6. The van der Waals surface area contributed by atoms with Gasteiger partial charge in [-0.2, -0.15) is 4.31 Å². The molecule has 5 nitrogen and oxygen atoms in total. The summed E-state index contributed by atoms with van der Waals surface area (Å²) in [6.45, 7) is 4.65. The maximum absolute atomic E-state index is 13.3. The van der Waals surface area contributed by atoms with E-state index >= 15 is 0 Å². The molecule has 1 aromatic carbocycles. The topological polar surface area (TPSA) is 53.5 Å². The molecule has 1 atom stereocenters. The smallest absolute Gasteiger partial charge is 0.243 e. The lowest BCUT2D eigenvalue weighted by molar-refractivity contribution is 0.255. The van der Waals surface area contributed by atoms with Gasteiger partial charge < -0.3 is 4.90 Å². The van der Waals surface area contributed by atoms with Crippen molar-refractivity contribution in [3.05, 3.63) is 53.7 Å². The first-order chi connectivity index (χ1) is 13.6. The van der Waals surface area contributed by atoms with E-state index < -0.39 is 10.0 Å². The van der Waals surface area contributed by atoms with Crippen molar-refractivity contribution >= 4 is 15.8 Å². The van der Waals surface area contributed by atoms with E-state index in [-0.39, 0.29) is 6.04 Å². The van der Waals surface area contributed by atoms with Gasteiger partial charge in [0.2, 0.25) is 10.0 Å². The van der Waals surface area contributed by atoms with E-state index in [9.17, 15) is 8.42 Å². The van der Waals surface area contributed by atoms with Crippen LogP contribution in [0.3, 0.4) is 0 Å². The number of hydrogen-bond donors (Lipinski definition) is 0. The van der Waals surface area contributed by atoms with Crippen LogP contribution in [0.1, 0.15) is 55.7 Å². The van der Waals surface area contributed by atoms with Crippen LogP contribution in [0, 0.1) is 6.92 Å². The lowest BCUT2D eigenvalue weighted by Gasteiger charge is -2.35. The number of benzene rings is 1. The highest BCUT2D eigenvalue weighted by atomic mass is 32.2. The van der Waals surface area contributed by atoms with Gasteiger partial charge in [-0.15, -0.1) is 0 Å². The number of anilines is 1. The molecule has 0 radical (unpaired) electrons. The maximum Gasteiger partial charge on any atom is 0.243 e. The monoisotopic (exact) mass is 399 g/mol. The van der Waals surface area contributed by atoms with E-state index in [1.165, 1.54) is 19.3 Å². The summed E-state index contributed by atoms with van der Waals surface area (Å²) < 4.78 is 28.3. The van der Waals surface area contributed by atoms with Crippen LogP contribution in [0.2, 0.25) is 0 Å². The highest BCUT2D eigenvalue weighted by Crippen LogP contribution is 2.35. The zero-order valence-corrected chi connectivity index (χ0v) is 17.4. The molecule has 0 unspecified atom stereocenters. The van der Waals surface area contributed by atoms with Crippen LogP contribution < -0.4 is 4.90 Å². The van der Waals surface area contributed by atoms with Gasteiger partial charge in [0.05, 0.1) is 10.9 Å². The zero-order valence-electron chi connectivity index (χ0n) is 16.5. The molecule has 0 aliphatic carbocycles. The Balaban J connectivity index is 1.59. The van der Waals surface area contributed by atoms with Crippen LogP contribution in [-0.2, 0) is 10.0 Å². The second kappa shape index (κ2) is 8.21. The van der Waals surface area contributed by atoms with Gasteiger partial charge in [0.15, 0.2) is 0 Å². The van der Waals surface area contributed by atoms with Crippen LogP contribution in [0.25, 0.3) is 0 Å². The Hall–Kier alpha value is -1.92. The van der Waals surface area contributed by atoms with Gasteiger partial charge in [-0.1, -0.05) is 30.2 Å². The molecule has 2 aliphatic heterocycles. The van der Waals surface area contributed by atoms with Gasteiger partial charge in [-0.05, 0) is 62.8 Å². The Morgan fingerprint density at radius 1 is 0.893 bits per heavy atom. The molecule has 0 saturated carbocycles. The Bertz CT molecular complexity index is 888. The second-order valence-electron chi connectivity index (χ2n) is 7.94. The third-order valence-electron chi connectivity index (χ3n) is 5.92. The van der Waals surface area contributed by atoms with Crippen molar-refractivity contribution in [3.8, 4) is 0 Å². The van der Waals surface area contributed by atoms with E-state index in [4.69, 9.17) is 0 Å². The minimum atomic E-state index is -3.51. The van der Waals surface area contributed by atoms with E-state index in [0.717, 1.165) is 49.3 Å². The molecule has 2 saturated heterocycles. The van der Waals surface area contributed by atoms with E-state index in [0.29, 0.717) is 11.4 Å². The Morgan fingerprint density at radius 2 is 1.61 bits per heavy atom. The third kappa shape index (κ3) is 3.94. The van der Waals surface area contributed by atoms with Gasteiger partial charge in [0.1, 0.15) is 5.82 Å². The van der Waals surface area contributed by atoms with Crippen molar-refractivity contribution < 1.29 is 8.42 Å². The number of nitrogens with zero attached hydrogens (tertiary/aromatic N) is 3. The maximum atomic E-state index is 13.3. The number of pyridine rings is 1. The number of hydrogen-bond acceptors (Lipinski definition) is 4. The number of aryl methyl sites for hydroxylation is 1. The Morgan fingerprint density at radius 3 is 2.29 bits per heavy atom. The fourth-order valence-corrected chi connectivity index (χ4v) is 5.96. The minimum absolute atomic E-state index is 0.136. The molecular weight excluding hydrogens is 370 g/mol. The summed E-state index contributed by atoms with van der Waals surface area (Å²) in [4.78, 5) is 7.39. The van der Waals surface area contributed by atoms with E-state index in [1.807, 2.05) is 25.3 Å². The van der Waals surface area contributed by atoms with Gasteiger partial charge in [-0.25, -0.2) is 13.4 Å². The molecule has 0 spiro atoms. The molecule has 0 bridgehead atoms. The highest BCUT2D eigenvalue weighted by molar-refractivity contribution is 7.89. The zero-order chi connectivity index (χ0) is 19.6. The first-order valence-electron chi connectivity index (χ1n) is 10.3. The minimum Gasteiger partial charge on any atom is -0.357 e. The average molecular weight is 400 g/mol. The van der Waals surface area contributed by atoms with Gasteiger partial charge in [-0.3, -0.25) is 0 Å². The quantitative estimate of drug-likeness (QED) is 0.769. The molecule has 0 N–H and O–H groups in total. The lowest BCUT2D eigenvalue weighted by atomic mass is 9.99. The molecule has 4 rings (SSSR count). The molecule has 6 heteroatoms. The molecule has 2 aromatic rings. The summed E-state index contributed by atoms with van der Waals surface area (Å²) in [6, 6.07) is 11.2.